The van der Waals surface area contributed by atoms with E-state index < -0.39 is 24.1 Å². The molecule has 1 aliphatic heterocycles. The van der Waals surface area contributed by atoms with Crippen LogP contribution in [-0.2, 0) is 23.3 Å². The number of nitrogens with zero attached hydrogens (tertiary/aromatic N) is 3. The van der Waals surface area contributed by atoms with Gasteiger partial charge < -0.3 is 14.6 Å². The number of rotatable bonds is 7. The van der Waals surface area contributed by atoms with Crippen LogP contribution in [0.1, 0.15) is 29.8 Å². The second-order valence-electron chi connectivity index (χ2n) is 7.12. The maximum absolute atomic E-state index is 13.0. The van der Waals surface area contributed by atoms with E-state index in [1.165, 1.54) is 31.2 Å². The summed E-state index contributed by atoms with van der Waals surface area (Å²) in [6, 6.07) is 14.4. The number of urea groups is 1. The summed E-state index contributed by atoms with van der Waals surface area (Å²) < 4.78 is 34.2. The fourth-order valence-electron chi connectivity index (χ4n) is 3.35. The number of imide groups is 1. The Balaban J connectivity index is 1.47. The van der Waals surface area contributed by atoms with Crippen molar-refractivity contribution in [2.45, 2.75) is 32.0 Å². The SMILES string of the molecule is CC1(c2ccc(OC(F)F)cc2)NC(=O)N(Cc2nc(Cc3ccccc3)no2)C1=O. The summed E-state index contributed by atoms with van der Waals surface area (Å²) in [6.07, 6.45) is 0.454. The maximum Gasteiger partial charge on any atom is 0.387 e. The lowest BCUT2D eigenvalue weighted by atomic mass is 9.92. The molecule has 1 atom stereocenters. The fraction of sp³-hybridized carbons (Fsp3) is 0.238. The molecule has 1 saturated heterocycles. The van der Waals surface area contributed by atoms with E-state index >= 15 is 0 Å². The zero-order valence-electron chi connectivity index (χ0n) is 16.4. The Morgan fingerprint density at radius 2 is 1.84 bits per heavy atom. The lowest BCUT2D eigenvalue weighted by Gasteiger charge is -2.22. The summed E-state index contributed by atoms with van der Waals surface area (Å²) >= 11 is 0. The second-order valence-corrected chi connectivity index (χ2v) is 7.12. The number of halogens is 2. The number of hydrogen-bond acceptors (Lipinski definition) is 6. The zero-order chi connectivity index (χ0) is 22.0. The Morgan fingerprint density at radius 1 is 1.13 bits per heavy atom. The molecule has 1 fully saturated rings. The van der Waals surface area contributed by atoms with Gasteiger partial charge in [-0.25, -0.2) is 4.79 Å². The number of hydrogen-bond donors (Lipinski definition) is 1. The molecular formula is C21H18F2N4O4. The van der Waals surface area contributed by atoms with E-state index in [1.54, 1.807) is 0 Å². The number of alkyl halides is 2. The van der Waals surface area contributed by atoms with E-state index in [4.69, 9.17) is 4.52 Å². The number of benzene rings is 2. The van der Waals surface area contributed by atoms with Crippen molar-refractivity contribution in [2.24, 2.45) is 0 Å². The number of nitrogens with one attached hydrogen (secondary N) is 1. The fourth-order valence-corrected chi connectivity index (χ4v) is 3.35. The molecule has 2 aromatic carbocycles. The monoisotopic (exact) mass is 428 g/mol. The third-order valence-corrected chi connectivity index (χ3v) is 4.94. The van der Waals surface area contributed by atoms with Crippen molar-refractivity contribution in [1.29, 1.82) is 0 Å². The summed E-state index contributed by atoms with van der Waals surface area (Å²) in [4.78, 5) is 30.7. The van der Waals surface area contributed by atoms with E-state index in [0.29, 0.717) is 17.8 Å². The normalized spacial score (nSPS) is 18.5. The first-order chi connectivity index (χ1) is 14.8. The van der Waals surface area contributed by atoms with Crippen LogP contribution in [0.2, 0.25) is 0 Å². The summed E-state index contributed by atoms with van der Waals surface area (Å²) in [6.45, 7) is -1.61. The zero-order valence-corrected chi connectivity index (χ0v) is 16.4. The molecule has 0 radical (unpaired) electrons. The second kappa shape index (κ2) is 8.13. The lowest BCUT2D eigenvalue weighted by molar-refractivity contribution is -0.131. The van der Waals surface area contributed by atoms with Crippen molar-refractivity contribution in [3.05, 3.63) is 77.4 Å². The van der Waals surface area contributed by atoms with Crippen LogP contribution in [0.4, 0.5) is 13.6 Å². The first-order valence-electron chi connectivity index (χ1n) is 9.40. The Hall–Kier alpha value is -3.82. The van der Waals surface area contributed by atoms with E-state index in [9.17, 15) is 18.4 Å². The first-order valence-corrected chi connectivity index (χ1v) is 9.40. The standard InChI is InChI=1S/C21H18F2N4O4/c1-21(14-7-9-15(10-8-14)30-19(22)23)18(28)27(20(29)25-21)12-17-24-16(26-31-17)11-13-5-3-2-4-6-13/h2-10,19H,11-12H2,1H3,(H,25,29). The van der Waals surface area contributed by atoms with Crippen LogP contribution in [-0.4, -0.2) is 33.6 Å². The average molecular weight is 428 g/mol. The van der Waals surface area contributed by atoms with E-state index in [0.717, 1.165) is 10.5 Å². The predicted octanol–water partition coefficient (Wildman–Crippen LogP) is 3.23. The van der Waals surface area contributed by atoms with Gasteiger partial charge in [-0.05, 0) is 30.2 Å². The Morgan fingerprint density at radius 3 is 2.52 bits per heavy atom. The van der Waals surface area contributed by atoms with Crippen molar-refractivity contribution in [3.63, 3.8) is 0 Å². The van der Waals surface area contributed by atoms with Crippen molar-refractivity contribution >= 4 is 11.9 Å². The van der Waals surface area contributed by atoms with Crippen LogP contribution in [0.15, 0.2) is 59.1 Å². The lowest BCUT2D eigenvalue weighted by Crippen LogP contribution is -2.40. The van der Waals surface area contributed by atoms with Gasteiger partial charge in [0.1, 0.15) is 17.8 Å². The molecule has 2 heterocycles. The molecule has 8 nitrogen and oxygen atoms in total. The van der Waals surface area contributed by atoms with Gasteiger partial charge in [0, 0.05) is 6.42 Å². The largest absolute Gasteiger partial charge is 0.435 e. The highest BCUT2D eigenvalue weighted by Gasteiger charge is 2.49. The molecule has 1 aromatic heterocycles. The van der Waals surface area contributed by atoms with Crippen molar-refractivity contribution in [3.8, 4) is 5.75 Å². The molecule has 160 valence electrons. The molecule has 0 bridgehead atoms. The maximum atomic E-state index is 13.0. The number of amides is 3. The van der Waals surface area contributed by atoms with Crippen molar-refractivity contribution in [2.75, 3.05) is 0 Å². The Kier molecular flexibility index (Phi) is 5.37. The van der Waals surface area contributed by atoms with Gasteiger partial charge in [-0.2, -0.15) is 13.8 Å². The van der Waals surface area contributed by atoms with Gasteiger partial charge in [-0.1, -0.05) is 47.6 Å². The minimum atomic E-state index is -2.95. The topological polar surface area (TPSA) is 97.6 Å². The van der Waals surface area contributed by atoms with E-state index in [-0.39, 0.29) is 18.2 Å². The molecule has 0 saturated carbocycles. The van der Waals surface area contributed by atoms with Crippen LogP contribution in [0.3, 0.4) is 0 Å². The van der Waals surface area contributed by atoms with Crippen LogP contribution in [0.5, 0.6) is 5.75 Å². The van der Waals surface area contributed by atoms with Crippen LogP contribution >= 0.6 is 0 Å². The predicted molar refractivity (Wildman–Crippen MR) is 103 cm³/mol. The van der Waals surface area contributed by atoms with E-state index in [1.807, 2.05) is 30.3 Å². The highest BCUT2D eigenvalue weighted by atomic mass is 19.3. The molecule has 10 heteroatoms. The van der Waals surface area contributed by atoms with Gasteiger partial charge in [0.2, 0.25) is 5.89 Å². The minimum Gasteiger partial charge on any atom is -0.435 e. The summed E-state index contributed by atoms with van der Waals surface area (Å²) in [5, 5.41) is 6.53. The molecular weight excluding hydrogens is 410 g/mol. The number of ether oxygens (including phenoxy) is 1. The highest BCUT2D eigenvalue weighted by Crippen LogP contribution is 2.31. The molecule has 3 aromatic rings. The quantitative estimate of drug-likeness (QED) is 0.581. The smallest absolute Gasteiger partial charge is 0.387 e. The molecule has 0 spiro atoms. The molecule has 3 amide bonds. The molecule has 1 unspecified atom stereocenters. The average Bonchev–Trinajstić information content (AvgIpc) is 3.27. The Labute approximate surface area is 175 Å². The van der Waals surface area contributed by atoms with Crippen LogP contribution in [0, 0.1) is 0 Å². The first kappa shape index (κ1) is 20.5. The molecule has 4 rings (SSSR count). The summed E-state index contributed by atoms with van der Waals surface area (Å²) in [7, 11) is 0. The van der Waals surface area contributed by atoms with Gasteiger partial charge in [-0.15, -0.1) is 0 Å². The van der Waals surface area contributed by atoms with E-state index in [2.05, 4.69) is 20.2 Å². The van der Waals surface area contributed by atoms with Gasteiger partial charge in [0.25, 0.3) is 5.91 Å². The Bertz CT molecular complexity index is 1090. The molecule has 1 aliphatic rings. The van der Waals surface area contributed by atoms with Crippen molar-refractivity contribution < 1.29 is 27.6 Å². The van der Waals surface area contributed by atoms with Crippen molar-refractivity contribution in [1.82, 2.24) is 20.4 Å². The number of carbonyl (C=O) groups excluding carboxylic acids is 2. The van der Waals surface area contributed by atoms with Gasteiger partial charge in [0.05, 0.1) is 0 Å². The van der Waals surface area contributed by atoms with Crippen LogP contribution in [0.25, 0.3) is 0 Å². The third kappa shape index (κ3) is 4.23. The molecule has 31 heavy (non-hydrogen) atoms. The number of carbonyl (C=O) groups is 2. The summed E-state index contributed by atoms with van der Waals surface area (Å²) in [5.74, 6) is -0.0133. The molecule has 0 aliphatic carbocycles. The van der Waals surface area contributed by atoms with Crippen LogP contribution < -0.4 is 10.1 Å². The minimum absolute atomic E-state index is 0.0483. The van der Waals surface area contributed by atoms with Gasteiger partial charge in [0.15, 0.2) is 5.82 Å². The summed E-state index contributed by atoms with van der Waals surface area (Å²) in [5.41, 5.74) is 0.0507. The van der Waals surface area contributed by atoms with Gasteiger partial charge in [-0.3, -0.25) is 9.69 Å². The molecule has 1 N–H and O–H groups in total. The highest BCUT2D eigenvalue weighted by molar-refractivity contribution is 6.07. The van der Waals surface area contributed by atoms with Gasteiger partial charge >= 0.3 is 12.6 Å². The third-order valence-electron chi connectivity index (χ3n) is 4.94. The number of aromatic nitrogens is 2.